The van der Waals surface area contributed by atoms with Crippen molar-refractivity contribution in [3.63, 3.8) is 0 Å². The molecule has 1 aromatic heterocycles. The number of carbonyl (C=O) groups is 3. The largest absolute Gasteiger partial charge is 0.453 e. The van der Waals surface area contributed by atoms with Crippen molar-refractivity contribution in [3.05, 3.63) is 41.3 Å². The van der Waals surface area contributed by atoms with E-state index >= 15 is 0 Å². The van der Waals surface area contributed by atoms with Crippen molar-refractivity contribution >= 4 is 44.8 Å². The van der Waals surface area contributed by atoms with Crippen molar-refractivity contribution in [1.29, 1.82) is 0 Å². The highest BCUT2D eigenvalue weighted by Gasteiger charge is 2.49. The van der Waals surface area contributed by atoms with Gasteiger partial charge in [0.05, 0.1) is 19.3 Å². The zero-order valence-electron chi connectivity index (χ0n) is 22.6. The minimum Gasteiger partial charge on any atom is -0.453 e. The number of amides is 3. The third kappa shape index (κ3) is 7.00. The number of nitrogens with zero attached hydrogens (tertiary/aromatic N) is 1. The molecule has 2 aliphatic rings. The number of sulfone groups is 1. The van der Waals surface area contributed by atoms with Gasteiger partial charge < -0.3 is 19.7 Å². The highest BCUT2D eigenvalue weighted by atomic mass is 32.2. The molecule has 13 heteroatoms. The molecule has 1 aromatic carbocycles. The van der Waals surface area contributed by atoms with Crippen LogP contribution in [0, 0.1) is 0 Å². The van der Waals surface area contributed by atoms with E-state index in [2.05, 4.69) is 15.5 Å². The predicted molar refractivity (Wildman–Crippen MR) is 150 cm³/mol. The molecule has 2 fully saturated rings. The molecule has 218 valence electrons. The van der Waals surface area contributed by atoms with E-state index in [1.54, 1.807) is 24.3 Å². The van der Waals surface area contributed by atoms with Crippen LogP contribution in [-0.4, -0.2) is 70.6 Å². The van der Waals surface area contributed by atoms with Crippen LogP contribution in [0.1, 0.15) is 49.8 Å². The van der Waals surface area contributed by atoms with Crippen LogP contribution in [0.25, 0.3) is 10.4 Å². The number of carbonyl (C=O) groups excluding carboxylic acids is 3. The molecule has 11 nitrogen and oxygen atoms in total. The fraction of sp³-hybridized carbons (Fsp3) is 0.519. The minimum absolute atomic E-state index is 0.0155. The summed E-state index contributed by atoms with van der Waals surface area (Å²) in [6, 6.07) is 10.7. The Bertz CT molecular complexity index is 1320. The van der Waals surface area contributed by atoms with Gasteiger partial charge in [-0.2, -0.15) is 0 Å². The summed E-state index contributed by atoms with van der Waals surface area (Å²) in [6.07, 6.45) is 2.74. The summed E-state index contributed by atoms with van der Waals surface area (Å²) in [5.41, 5.74) is 3.73. The smallest absolute Gasteiger partial charge is 0.409 e. The number of hydrogen-bond donors (Lipinski definition) is 2. The maximum atomic E-state index is 13.5. The number of methoxy groups -OCH3 is 1. The second-order valence-electron chi connectivity index (χ2n) is 10.0. The molecular formula is C27H35N3O8S2. The number of nitrogens with one attached hydrogen (secondary N) is 2. The lowest BCUT2D eigenvalue weighted by molar-refractivity contribution is -0.200. The van der Waals surface area contributed by atoms with Gasteiger partial charge in [0.25, 0.3) is 0 Å². The van der Waals surface area contributed by atoms with Crippen LogP contribution >= 0.6 is 11.3 Å². The second-order valence-corrected chi connectivity index (χ2v) is 13.5. The van der Waals surface area contributed by atoms with E-state index in [0.29, 0.717) is 42.9 Å². The molecule has 3 amide bonds. The maximum Gasteiger partial charge on any atom is 0.409 e. The van der Waals surface area contributed by atoms with Crippen LogP contribution in [0.3, 0.4) is 0 Å². The molecule has 0 aliphatic carbocycles. The van der Waals surface area contributed by atoms with Gasteiger partial charge in [-0.1, -0.05) is 18.6 Å². The van der Waals surface area contributed by atoms with Crippen LogP contribution in [0.2, 0.25) is 0 Å². The quantitative estimate of drug-likeness (QED) is 0.419. The van der Waals surface area contributed by atoms with E-state index < -0.39 is 38.8 Å². The van der Waals surface area contributed by atoms with Crippen LogP contribution < -0.4 is 10.8 Å². The zero-order chi connectivity index (χ0) is 28.8. The SMILES string of the molecule is COC(=O)N(C)CC(=O)Nc1cccc(-c2ccc([C@@]3(CC(=O)NOC4CCCCO4)CCCCS3(=O)=O)s2)c1. The lowest BCUT2D eigenvalue weighted by Gasteiger charge is -2.35. The Balaban J connectivity index is 1.51. The van der Waals surface area contributed by atoms with Gasteiger partial charge in [-0.05, 0) is 55.5 Å². The molecule has 2 atom stereocenters. The van der Waals surface area contributed by atoms with Crippen molar-refractivity contribution in [2.45, 2.75) is 56.0 Å². The maximum absolute atomic E-state index is 13.5. The first-order chi connectivity index (χ1) is 19.1. The van der Waals surface area contributed by atoms with Gasteiger partial charge in [-0.25, -0.2) is 23.5 Å². The van der Waals surface area contributed by atoms with E-state index in [4.69, 9.17) is 9.57 Å². The fourth-order valence-electron chi connectivity index (χ4n) is 4.97. The number of hydroxylamine groups is 1. The van der Waals surface area contributed by atoms with Crippen LogP contribution in [0.5, 0.6) is 0 Å². The average molecular weight is 594 g/mol. The molecular weight excluding hydrogens is 558 g/mol. The second kappa shape index (κ2) is 13.1. The first kappa shape index (κ1) is 30.0. The van der Waals surface area contributed by atoms with Gasteiger partial charge in [0.1, 0.15) is 11.3 Å². The Kier molecular flexibility index (Phi) is 9.82. The van der Waals surface area contributed by atoms with Gasteiger partial charge in [0, 0.05) is 35.5 Å². The Morgan fingerprint density at radius 3 is 2.67 bits per heavy atom. The summed E-state index contributed by atoms with van der Waals surface area (Å²) in [5, 5.41) is 2.76. The number of anilines is 1. The number of ether oxygens (including phenoxy) is 2. The molecule has 0 saturated carbocycles. The van der Waals surface area contributed by atoms with Crippen LogP contribution in [0.15, 0.2) is 36.4 Å². The highest BCUT2D eigenvalue weighted by molar-refractivity contribution is 7.92. The molecule has 2 aromatic rings. The molecule has 2 aliphatic heterocycles. The molecule has 4 rings (SSSR count). The number of benzene rings is 1. The molecule has 1 unspecified atom stereocenters. The highest BCUT2D eigenvalue weighted by Crippen LogP contribution is 2.47. The van der Waals surface area contributed by atoms with Crippen molar-refractivity contribution in [3.8, 4) is 10.4 Å². The van der Waals surface area contributed by atoms with Gasteiger partial charge in [-0.3, -0.25) is 9.59 Å². The number of likely N-dealkylation sites (N-methyl/N-ethyl adjacent to an activating group) is 1. The van der Waals surface area contributed by atoms with Crippen molar-refractivity contribution in [1.82, 2.24) is 10.4 Å². The third-order valence-electron chi connectivity index (χ3n) is 7.08. The Labute approximate surface area is 238 Å². The molecule has 2 saturated heterocycles. The normalized spacial score (nSPS) is 22.2. The zero-order valence-corrected chi connectivity index (χ0v) is 24.3. The van der Waals surface area contributed by atoms with Crippen molar-refractivity contribution in [2.75, 3.05) is 38.4 Å². The van der Waals surface area contributed by atoms with E-state index in [0.717, 1.165) is 28.2 Å². The summed E-state index contributed by atoms with van der Waals surface area (Å²) in [7, 11) is -0.927. The summed E-state index contributed by atoms with van der Waals surface area (Å²) in [4.78, 5) is 44.9. The monoisotopic (exact) mass is 593 g/mol. The summed E-state index contributed by atoms with van der Waals surface area (Å²) in [6.45, 7) is 0.380. The Hall–Kier alpha value is -3.00. The first-order valence-corrected chi connectivity index (χ1v) is 15.7. The van der Waals surface area contributed by atoms with E-state index in [9.17, 15) is 22.8 Å². The fourth-order valence-corrected chi connectivity index (χ4v) is 8.75. The van der Waals surface area contributed by atoms with Crippen molar-refractivity contribution < 1.29 is 37.1 Å². The molecule has 40 heavy (non-hydrogen) atoms. The number of thiophene rings is 1. The van der Waals surface area contributed by atoms with Crippen molar-refractivity contribution in [2.24, 2.45) is 0 Å². The summed E-state index contributed by atoms with van der Waals surface area (Å²) in [5.74, 6) is -0.881. The number of hydrogen-bond acceptors (Lipinski definition) is 9. The standard InChI is InChI=1S/C27H35N3O8S2/c1-30(26(33)36-2)18-24(32)28-20-9-7-8-19(16-20)21-11-12-22(39-21)27(13-4-6-15-40(27,34)35)17-23(31)29-38-25-10-3-5-14-37-25/h7-9,11-12,16,25H,3-6,10,13-15,17-18H2,1-2H3,(H,28,32)(H,29,31)/t25?,27-/m0/s1. The lowest BCUT2D eigenvalue weighted by atomic mass is 9.94. The first-order valence-electron chi connectivity index (χ1n) is 13.2. The van der Waals surface area contributed by atoms with Gasteiger partial charge >= 0.3 is 6.09 Å². The van der Waals surface area contributed by atoms with Crippen LogP contribution in [0.4, 0.5) is 10.5 Å². The lowest BCUT2D eigenvalue weighted by Crippen LogP contribution is -2.45. The van der Waals surface area contributed by atoms with Gasteiger partial charge in [0.15, 0.2) is 16.1 Å². The van der Waals surface area contributed by atoms with E-state index in [1.807, 2.05) is 12.1 Å². The Morgan fingerprint density at radius 1 is 1.12 bits per heavy atom. The predicted octanol–water partition coefficient (Wildman–Crippen LogP) is 3.81. The van der Waals surface area contributed by atoms with E-state index in [-0.39, 0.29) is 18.7 Å². The van der Waals surface area contributed by atoms with Crippen LogP contribution in [-0.2, 0) is 38.5 Å². The average Bonchev–Trinajstić information content (AvgIpc) is 3.44. The molecule has 3 heterocycles. The van der Waals surface area contributed by atoms with Gasteiger partial charge in [-0.15, -0.1) is 11.3 Å². The Morgan fingerprint density at radius 2 is 1.95 bits per heavy atom. The number of rotatable bonds is 9. The third-order valence-corrected chi connectivity index (χ3v) is 11.1. The minimum atomic E-state index is -3.63. The molecule has 0 radical (unpaired) electrons. The topological polar surface area (TPSA) is 140 Å². The van der Waals surface area contributed by atoms with E-state index in [1.165, 1.54) is 25.5 Å². The molecule has 0 bridgehead atoms. The van der Waals surface area contributed by atoms with Gasteiger partial charge in [0.2, 0.25) is 11.8 Å². The molecule has 0 spiro atoms. The summed E-state index contributed by atoms with van der Waals surface area (Å²) >= 11 is 1.32. The summed E-state index contributed by atoms with van der Waals surface area (Å²) < 4.78 is 35.8. The molecule has 2 N–H and O–H groups in total.